The molecule has 3 aromatic rings. The van der Waals surface area contributed by atoms with Gasteiger partial charge in [-0.2, -0.15) is 0 Å². The Balaban J connectivity index is 1.42. The van der Waals surface area contributed by atoms with Crippen LogP contribution in [-0.4, -0.2) is 34.0 Å². The number of anilines is 1. The lowest BCUT2D eigenvalue weighted by Crippen LogP contribution is -2.29. The molecule has 1 fully saturated rings. The summed E-state index contributed by atoms with van der Waals surface area (Å²) in [7, 11) is 1.75. The quantitative estimate of drug-likeness (QED) is 0.680. The highest BCUT2D eigenvalue weighted by Crippen LogP contribution is 2.37. The van der Waals surface area contributed by atoms with Crippen molar-refractivity contribution >= 4 is 28.3 Å². The maximum atomic E-state index is 12.9. The standard InChI is InChI=1S/C22H22N4O2S/c1-26-19(27)14-17(20(26)16-10-6-3-7-11-16)21(28)23-22-25-24-18(29-22)13-12-15-8-4-2-5-9-15/h2-11,17,20H,12-14H2,1H3,(H,23,25,28)/t17-,20+/m1/s1. The minimum atomic E-state index is -0.452. The van der Waals surface area contributed by atoms with Crippen LogP contribution in [0.15, 0.2) is 60.7 Å². The molecule has 29 heavy (non-hydrogen) atoms. The van der Waals surface area contributed by atoms with Crippen LogP contribution in [0.5, 0.6) is 0 Å². The van der Waals surface area contributed by atoms with Crippen molar-refractivity contribution in [1.29, 1.82) is 0 Å². The zero-order valence-electron chi connectivity index (χ0n) is 16.1. The van der Waals surface area contributed by atoms with Gasteiger partial charge in [-0.05, 0) is 17.5 Å². The van der Waals surface area contributed by atoms with E-state index in [9.17, 15) is 9.59 Å². The molecule has 1 saturated heterocycles. The molecule has 1 N–H and O–H groups in total. The summed E-state index contributed by atoms with van der Waals surface area (Å²) in [5.41, 5.74) is 2.20. The molecule has 4 rings (SSSR count). The predicted molar refractivity (Wildman–Crippen MR) is 112 cm³/mol. The topological polar surface area (TPSA) is 75.2 Å². The highest BCUT2D eigenvalue weighted by atomic mass is 32.1. The Labute approximate surface area is 173 Å². The second kappa shape index (κ2) is 8.53. The number of rotatable bonds is 6. The first-order chi connectivity index (χ1) is 14.1. The number of aryl methyl sites for hydroxylation is 2. The molecule has 148 valence electrons. The third kappa shape index (κ3) is 4.35. The summed E-state index contributed by atoms with van der Waals surface area (Å²) < 4.78 is 0. The van der Waals surface area contributed by atoms with Crippen LogP contribution in [0.1, 0.15) is 28.6 Å². The van der Waals surface area contributed by atoms with E-state index in [-0.39, 0.29) is 24.3 Å². The van der Waals surface area contributed by atoms with Gasteiger partial charge in [-0.1, -0.05) is 72.0 Å². The number of hydrogen-bond acceptors (Lipinski definition) is 5. The number of likely N-dealkylation sites (tertiary alicyclic amines) is 1. The average molecular weight is 407 g/mol. The second-order valence-electron chi connectivity index (χ2n) is 7.15. The molecule has 6 nitrogen and oxygen atoms in total. The number of benzene rings is 2. The molecule has 0 bridgehead atoms. The number of carbonyl (C=O) groups is 2. The lowest BCUT2D eigenvalue weighted by atomic mass is 9.93. The van der Waals surface area contributed by atoms with Gasteiger partial charge in [0.2, 0.25) is 16.9 Å². The largest absolute Gasteiger partial charge is 0.338 e. The molecule has 2 amide bonds. The Morgan fingerprint density at radius 1 is 1.07 bits per heavy atom. The highest BCUT2D eigenvalue weighted by molar-refractivity contribution is 7.15. The lowest BCUT2D eigenvalue weighted by Gasteiger charge is -2.24. The molecule has 2 aromatic carbocycles. The Kier molecular flexibility index (Phi) is 5.67. The first-order valence-electron chi connectivity index (χ1n) is 9.59. The third-order valence-electron chi connectivity index (χ3n) is 5.23. The van der Waals surface area contributed by atoms with E-state index >= 15 is 0 Å². The molecule has 0 aliphatic carbocycles. The van der Waals surface area contributed by atoms with Gasteiger partial charge >= 0.3 is 0 Å². The van der Waals surface area contributed by atoms with E-state index in [2.05, 4.69) is 27.6 Å². The Hall–Kier alpha value is -3.06. The SMILES string of the molecule is CN1C(=O)C[C@@H](C(=O)Nc2nnc(CCc3ccccc3)s2)[C@@H]1c1ccccc1. The van der Waals surface area contributed by atoms with E-state index in [0.29, 0.717) is 5.13 Å². The molecule has 0 unspecified atom stereocenters. The summed E-state index contributed by atoms with van der Waals surface area (Å²) in [6.07, 6.45) is 1.85. The van der Waals surface area contributed by atoms with E-state index in [1.165, 1.54) is 16.9 Å². The highest BCUT2D eigenvalue weighted by Gasteiger charge is 2.42. The third-order valence-corrected chi connectivity index (χ3v) is 6.13. The molecule has 0 spiro atoms. The molecule has 7 heteroatoms. The predicted octanol–water partition coefficient (Wildman–Crippen LogP) is 3.48. The van der Waals surface area contributed by atoms with E-state index in [0.717, 1.165) is 23.4 Å². The summed E-state index contributed by atoms with van der Waals surface area (Å²) in [6.45, 7) is 0. The van der Waals surface area contributed by atoms with Crippen molar-refractivity contribution in [3.63, 3.8) is 0 Å². The minimum Gasteiger partial charge on any atom is -0.338 e. The molecule has 0 radical (unpaired) electrons. The van der Waals surface area contributed by atoms with E-state index in [1.807, 2.05) is 48.5 Å². The molecule has 0 saturated carbocycles. The van der Waals surface area contributed by atoms with Crippen LogP contribution in [0.4, 0.5) is 5.13 Å². The molecular weight excluding hydrogens is 384 g/mol. The van der Waals surface area contributed by atoms with Gasteiger partial charge in [-0.25, -0.2) is 0 Å². The summed E-state index contributed by atoms with van der Waals surface area (Å²) in [4.78, 5) is 26.9. The first-order valence-corrected chi connectivity index (χ1v) is 10.4. The lowest BCUT2D eigenvalue weighted by molar-refractivity contribution is -0.127. The summed E-state index contributed by atoms with van der Waals surface area (Å²) in [6, 6.07) is 19.6. The number of hydrogen-bond donors (Lipinski definition) is 1. The summed E-state index contributed by atoms with van der Waals surface area (Å²) in [5, 5.41) is 12.5. The fourth-order valence-electron chi connectivity index (χ4n) is 3.71. The van der Waals surface area contributed by atoms with Crippen molar-refractivity contribution < 1.29 is 9.59 Å². The van der Waals surface area contributed by atoms with Gasteiger partial charge in [-0.3, -0.25) is 9.59 Å². The molecule has 1 aliphatic rings. The normalized spacial score (nSPS) is 18.8. The molecule has 1 aliphatic heterocycles. The smallest absolute Gasteiger partial charge is 0.232 e. The van der Waals surface area contributed by atoms with Gasteiger partial charge in [0, 0.05) is 19.9 Å². The zero-order valence-corrected chi connectivity index (χ0v) is 16.9. The number of carbonyl (C=O) groups excluding carboxylic acids is 2. The van der Waals surface area contributed by atoms with Gasteiger partial charge in [0.15, 0.2) is 0 Å². The molecule has 2 atom stereocenters. The summed E-state index contributed by atoms with van der Waals surface area (Å²) >= 11 is 1.39. The van der Waals surface area contributed by atoms with Crippen LogP contribution in [0.25, 0.3) is 0 Å². The van der Waals surface area contributed by atoms with Gasteiger partial charge in [0.25, 0.3) is 0 Å². The van der Waals surface area contributed by atoms with Crippen molar-refractivity contribution in [1.82, 2.24) is 15.1 Å². The van der Waals surface area contributed by atoms with Gasteiger partial charge in [-0.15, -0.1) is 10.2 Å². The minimum absolute atomic E-state index is 0.0279. The van der Waals surface area contributed by atoms with Crippen LogP contribution in [0.3, 0.4) is 0 Å². The molecule has 1 aromatic heterocycles. The summed E-state index contributed by atoms with van der Waals surface area (Å²) in [5.74, 6) is -0.673. The van der Waals surface area contributed by atoms with Crippen LogP contribution >= 0.6 is 11.3 Å². The van der Waals surface area contributed by atoms with Gasteiger partial charge in [0.1, 0.15) is 5.01 Å². The van der Waals surface area contributed by atoms with Crippen molar-refractivity contribution in [3.8, 4) is 0 Å². The Morgan fingerprint density at radius 3 is 2.48 bits per heavy atom. The van der Waals surface area contributed by atoms with Crippen LogP contribution in [0, 0.1) is 5.92 Å². The van der Waals surface area contributed by atoms with Gasteiger partial charge in [0.05, 0.1) is 12.0 Å². The van der Waals surface area contributed by atoms with Crippen molar-refractivity contribution in [2.45, 2.75) is 25.3 Å². The average Bonchev–Trinajstić information content (AvgIpc) is 3.32. The monoisotopic (exact) mass is 406 g/mol. The number of nitrogens with one attached hydrogen (secondary N) is 1. The molecule has 2 heterocycles. The van der Waals surface area contributed by atoms with Gasteiger partial charge < -0.3 is 10.2 Å². The fourth-order valence-corrected chi connectivity index (χ4v) is 4.45. The Bertz CT molecular complexity index is 990. The second-order valence-corrected chi connectivity index (χ2v) is 8.21. The number of nitrogens with zero attached hydrogens (tertiary/aromatic N) is 3. The van der Waals surface area contributed by atoms with Crippen molar-refractivity contribution in [3.05, 3.63) is 76.8 Å². The fraction of sp³-hybridized carbons (Fsp3) is 0.273. The van der Waals surface area contributed by atoms with Crippen LogP contribution in [-0.2, 0) is 22.4 Å². The maximum absolute atomic E-state index is 12.9. The van der Waals surface area contributed by atoms with Crippen LogP contribution < -0.4 is 5.32 Å². The first kappa shape index (κ1) is 19.3. The van der Waals surface area contributed by atoms with Crippen molar-refractivity contribution in [2.24, 2.45) is 5.92 Å². The van der Waals surface area contributed by atoms with Crippen molar-refractivity contribution in [2.75, 3.05) is 12.4 Å². The van der Waals surface area contributed by atoms with Crippen LogP contribution in [0.2, 0.25) is 0 Å². The van der Waals surface area contributed by atoms with E-state index in [1.54, 1.807) is 11.9 Å². The number of amides is 2. The van der Waals surface area contributed by atoms with E-state index in [4.69, 9.17) is 0 Å². The van der Waals surface area contributed by atoms with E-state index < -0.39 is 5.92 Å². The zero-order chi connectivity index (χ0) is 20.2. The maximum Gasteiger partial charge on any atom is 0.232 e. The molecular formula is C22H22N4O2S. The Morgan fingerprint density at radius 2 is 1.76 bits per heavy atom. The number of aromatic nitrogens is 2.